The highest BCUT2D eigenvalue weighted by Crippen LogP contribution is 2.30. The summed E-state index contributed by atoms with van der Waals surface area (Å²) in [4.78, 5) is 12.0. The van der Waals surface area contributed by atoms with E-state index >= 15 is 0 Å². The first kappa shape index (κ1) is 21.6. The molecule has 1 atom stereocenters. The van der Waals surface area contributed by atoms with Gasteiger partial charge in [0.2, 0.25) is 0 Å². The Balaban J connectivity index is 0.00000240. The van der Waals surface area contributed by atoms with E-state index < -0.39 is 15.7 Å². The Morgan fingerprint density at radius 3 is 2.62 bits per heavy atom. The molecule has 2 saturated heterocycles. The van der Waals surface area contributed by atoms with Gasteiger partial charge in [0, 0.05) is 11.8 Å². The molecule has 8 nitrogen and oxygen atoms in total. The number of halogens is 1. The van der Waals surface area contributed by atoms with Crippen molar-refractivity contribution in [3.05, 3.63) is 36.2 Å². The van der Waals surface area contributed by atoms with Crippen LogP contribution in [-0.2, 0) is 9.84 Å². The molecule has 10 heteroatoms. The summed E-state index contributed by atoms with van der Waals surface area (Å²) in [7, 11) is -2.98. The topological polar surface area (TPSA) is 116 Å². The maximum atomic E-state index is 12.0. The predicted molar refractivity (Wildman–Crippen MR) is 112 cm³/mol. The first-order valence-corrected chi connectivity index (χ1v) is 11.3. The molecule has 1 unspecified atom stereocenters. The van der Waals surface area contributed by atoms with E-state index in [0.29, 0.717) is 17.7 Å². The second-order valence-corrected chi connectivity index (χ2v) is 9.64. The molecule has 0 bridgehead atoms. The Kier molecular flexibility index (Phi) is 6.50. The number of carbonyl (C=O) groups excluding carboxylic acids is 1. The molecule has 158 valence electrons. The third-order valence-corrected chi connectivity index (χ3v) is 7.09. The molecule has 4 rings (SSSR count). The quantitative estimate of drug-likeness (QED) is 0.728. The minimum atomic E-state index is -2.98. The number of nitrogens with two attached hydrogens (primary N) is 1. The van der Waals surface area contributed by atoms with Gasteiger partial charge in [0.1, 0.15) is 11.9 Å². The van der Waals surface area contributed by atoms with Crippen molar-refractivity contribution in [1.29, 1.82) is 0 Å². The number of hydrogen-bond acceptors (Lipinski definition) is 6. The molecule has 1 aromatic carbocycles. The van der Waals surface area contributed by atoms with Crippen LogP contribution in [0.3, 0.4) is 0 Å². The van der Waals surface area contributed by atoms with Crippen LogP contribution >= 0.6 is 12.4 Å². The van der Waals surface area contributed by atoms with Crippen LogP contribution in [0.4, 0.5) is 0 Å². The Morgan fingerprint density at radius 1 is 1.21 bits per heavy atom. The molecule has 2 aliphatic heterocycles. The van der Waals surface area contributed by atoms with Crippen molar-refractivity contribution in [2.45, 2.75) is 31.4 Å². The fourth-order valence-electron chi connectivity index (χ4n) is 3.77. The summed E-state index contributed by atoms with van der Waals surface area (Å²) >= 11 is 0. The highest BCUT2D eigenvalue weighted by molar-refractivity contribution is 7.91. The van der Waals surface area contributed by atoms with Crippen LogP contribution in [0.15, 0.2) is 30.6 Å². The molecular weight excluding hydrogens is 416 g/mol. The maximum Gasteiger partial charge on any atom is 0.252 e. The van der Waals surface area contributed by atoms with Gasteiger partial charge in [-0.1, -0.05) is 6.07 Å². The van der Waals surface area contributed by atoms with Crippen LogP contribution in [0.25, 0.3) is 11.1 Å². The summed E-state index contributed by atoms with van der Waals surface area (Å²) in [6, 6.07) is 5.22. The smallest absolute Gasteiger partial charge is 0.252 e. The number of aromatic nitrogens is 2. The zero-order valence-corrected chi connectivity index (χ0v) is 17.5. The Hall–Kier alpha value is -2.10. The molecule has 1 amide bonds. The standard InChI is InChI=1S/C19H24N4O4S.ClH/c20-19(24)17-9-13(1-2-18(17)27-16-3-6-21-7-4-16)14-10-22-23(11-14)15-5-8-28(25,26)12-15;/h1-2,9-11,15-16,21H,3-8,12H2,(H2,20,24);1H. The average Bonchev–Trinajstić information content (AvgIpc) is 3.29. The Bertz CT molecular complexity index is 986. The van der Waals surface area contributed by atoms with Crippen molar-refractivity contribution in [3.63, 3.8) is 0 Å². The maximum absolute atomic E-state index is 12.0. The van der Waals surface area contributed by atoms with Crippen molar-refractivity contribution in [2.24, 2.45) is 5.73 Å². The van der Waals surface area contributed by atoms with Gasteiger partial charge in [-0.3, -0.25) is 9.48 Å². The van der Waals surface area contributed by atoms with E-state index in [0.717, 1.165) is 37.1 Å². The summed E-state index contributed by atoms with van der Waals surface area (Å²) in [5, 5.41) is 7.61. The number of ether oxygens (including phenoxy) is 1. The van der Waals surface area contributed by atoms with Gasteiger partial charge in [-0.2, -0.15) is 5.10 Å². The van der Waals surface area contributed by atoms with E-state index in [-0.39, 0.29) is 36.1 Å². The molecule has 2 aromatic rings. The molecule has 0 spiro atoms. The second kappa shape index (κ2) is 8.73. The number of sulfone groups is 1. The lowest BCUT2D eigenvalue weighted by atomic mass is 10.0. The highest BCUT2D eigenvalue weighted by Gasteiger charge is 2.29. The van der Waals surface area contributed by atoms with Crippen molar-refractivity contribution < 1.29 is 17.9 Å². The fraction of sp³-hybridized carbons (Fsp3) is 0.474. The number of hydrogen-bond donors (Lipinski definition) is 2. The second-order valence-electron chi connectivity index (χ2n) is 7.41. The molecular formula is C19H25ClN4O4S. The van der Waals surface area contributed by atoms with Gasteiger partial charge >= 0.3 is 0 Å². The molecule has 3 heterocycles. The van der Waals surface area contributed by atoms with Crippen molar-refractivity contribution >= 4 is 28.2 Å². The van der Waals surface area contributed by atoms with Gasteiger partial charge in [0.25, 0.3) is 5.91 Å². The molecule has 1 aromatic heterocycles. The SMILES string of the molecule is Cl.NC(=O)c1cc(-c2cnn(C3CCS(=O)(=O)C3)c2)ccc1OC1CCNCC1. The van der Waals surface area contributed by atoms with Crippen LogP contribution in [0.2, 0.25) is 0 Å². The van der Waals surface area contributed by atoms with Gasteiger partial charge in [0.15, 0.2) is 9.84 Å². The minimum absolute atomic E-state index is 0. The highest BCUT2D eigenvalue weighted by atomic mass is 35.5. The van der Waals surface area contributed by atoms with Crippen molar-refractivity contribution in [1.82, 2.24) is 15.1 Å². The number of rotatable bonds is 5. The van der Waals surface area contributed by atoms with E-state index in [1.165, 1.54) is 0 Å². The molecule has 0 radical (unpaired) electrons. The van der Waals surface area contributed by atoms with Crippen LogP contribution in [-0.4, -0.2) is 54.8 Å². The number of nitrogens with one attached hydrogen (secondary N) is 1. The molecule has 2 fully saturated rings. The lowest BCUT2D eigenvalue weighted by Crippen LogP contribution is -2.34. The average molecular weight is 441 g/mol. The summed E-state index contributed by atoms with van der Waals surface area (Å²) in [6.07, 6.45) is 5.90. The minimum Gasteiger partial charge on any atom is -0.489 e. The Morgan fingerprint density at radius 2 is 1.97 bits per heavy atom. The number of benzene rings is 1. The molecule has 3 N–H and O–H groups in total. The first-order chi connectivity index (χ1) is 13.4. The fourth-order valence-corrected chi connectivity index (χ4v) is 5.47. The third-order valence-electron chi connectivity index (χ3n) is 5.34. The van der Waals surface area contributed by atoms with E-state index in [1.54, 1.807) is 23.0 Å². The van der Waals surface area contributed by atoms with E-state index in [4.69, 9.17) is 10.5 Å². The lowest BCUT2D eigenvalue weighted by Gasteiger charge is -2.24. The monoisotopic (exact) mass is 440 g/mol. The normalized spacial score (nSPS) is 21.4. The molecule has 0 aliphatic carbocycles. The summed E-state index contributed by atoms with van der Waals surface area (Å²) in [5.41, 5.74) is 7.52. The lowest BCUT2D eigenvalue weighted by molar-refractivity contribution is 0.0989. The molecule has 29 heavy (non-hydrogen) atoms. The predicted octanol–water partition coefficient (Wildman–Crippen LogP) is 1.56. The zero-order valence-electron chi connectivity index (χ0n) is 15.9. The largest absolute Gasteiger partial charge is 0.489 e. The van der Waals surface area contributed by atoms with Crippen LogP contribution < -0.4 is 15.8 Å². The van der Waals surface area contributed by atoms with Crippen LogP contribution in [0, 0.1) is 0 Å². The van der Waals surface area contributed by atoms with Gasteiger partial charge in [0.05, 0.1) is 29.3 Å². The number of nitrogens with zero attached hydrogens (tertiary/aromatic N) is 2. The van der Waals surface area contributed by atoms with Gasteiger partial charge in [-0.05, 0) is 50.0 Å². The van der Waals surface area contributed by atoms with Crippen LogP contribution in [0.5, 0.6) is 5.75 Å². The Labute approximate surface area is 176 Å². The zero-order chi connectivity index (χ0) is 19.7. The van der Waals surface area contributed by atoms with Gasteiger partial charge in [-0.25, -0.2) is 8.42 Å². The van der Waals surface area contributed by atoms with Gasteiger partial charge < -0.3 is 15.8 Å². The van der Waals surface area contributed by atoms with E-state index in [9.17, 15) is 13.2 Å². The number of primary amides is 1. The van der Waals surface area contributed by atoms with Gasteiger partial charge in [-0.15, -0.1) is 12.4 Å². The third kappa shape index (κ3) is 4.91. The molecule has 2 aliphatic rings. The number of piperidine rings is 1. The molecule has 0 saturated carbocycles. The number of carbonyl (C=O) groups is 1. The van der Waals surface area contributed by atoms with Crippen molar-refractivity contribution in [2.75, 3.05) is 24.6 Å². The van der Waals surface area contributed by atoms with Crippen molar-refractivity contribution in [3.8, 4) is 16.9 Å². The first-order valence-electron chi connectivity index (χ1n) is 9.47. The summed E-state index contributed by atoms with van der Waals surface area (Å²) < 4.78 is 31.1. The van der Waals surface area contributed by atoms with E-state index in [1.807, 2.05) is 12.3 Å². The summed E-state index contributed by atoms with van der Waals surface area (Å²) in [5.74, 6) is 0.267. The summed E-state index contributed by atoms with van der Waals surface area (Å²) in [6.45, 7) is 1.79. The van der Waals surface area contributed by atoms with Crippen LogP contribution in [0.1, 0.15) is 35.7 Å². The number of amides is 1. The van der Waals surface area contributed by atoms with E-state index in [2.05, 4.69) is 10.4 Å².